The third-order valence-electron chi connectivity index (χ3n) is 5.81. The van der Waals surface area contributed by atoms with E-state index in [0.717, 1.165) is 36.0 Å². The van der Waals surface area contributed by atoms with Gasteiger partial charge in [0.05, 0.1) is 22.3 Å². The first-order valence-corrected chi connectivity index (χ1v) is 12.2. The van der Waals surface area contributed by atoms with Crippen LogP contribution in [0.25, 0.3) is 10.2 Å². The number of aromatic nitrogens is 2. The van der Waals surface area contributed by atoms with Crippen molar-refractivity contribution in [3.05, 3.63) is 55.4 Å². The molecule has 0 radical (unpaired) electrons. The molecule has 32 heavy (non-hydrogen) atoms. The Bertz CT molecular complexity index is 1270. The molecule has 9 heteroatoms. The van der Waals surface area contributed by atoms with Crippen LogP contribution in [0.1, 0.15) is 40.6 Å². The van der Waals surface area contributed by atoms with E-state index >= 15 is 0 Å². The summed E-state index contributed by atoms with van der Waals surface area (Å²) in [6.45, 7) is 7.26. The average molecular weight is 517 g/mol. The highest BCUT2D eigenvalue weighted by molar-refractivity contribution is 9.10. The van der Waals surface area contributed by atoms with E-state index in [9.17, 15) is 14.4 Å². The monoisotopic (exact) mass is 516 g/mol. The number of thiophene rings is 1. The molecule has 1 saturated heterocycles. The highest BCUT2D eigenvalue weighted by Gasteiger charge is 2.23. The number of piperidine rings is 1. The maximum atomic E-state index is 13.1. The number of likely N-dealkylation sites (tertiary alicyclic amines) is 1. The number of carbonyl (C=O) groups excluding carboxylic acids is 2. The number of amides is 2. The van der Waals surface area contributed by atoms with E-state index in [0.29, 0.717) is 32.3 Å². The number of benzene rings is 1. The summed E-state index contributed by atoms with van der Waals surface area (Å²) < 4.78 is 2.14. The van der Waals surface area contributed by atoms with E-state index in [2.05, 4.69) is 33.2 Å². The number of fused-ring (bicyclic) bond motifs is 1. The zero-order valence-corrected chi connectivity index (χ0v) is 20.7. The molecule has 1 aromatic carbocycles. The fourth-order valence-electron chi connectivity index (χ4n) is 4.05. The van der Waals surface area contributed by atoms with Crippen molar-refractivity contribution in [3.63, 3.8) is 0 Å². The van der Waals surface area contributed by atoms with Crippen LogP contribution in [0.15, 0.2) is 33.8 Å². The number of aryl methyl sites for hydroxylation is 2. The Morgan fingerprint density at radius 3 is 2.81 bits per heavy atom. The number of carbonyl (C=O) groups is 2. The normalized spacial score (nSPS) is 16.4. The summed E-state index contributed by atoms with van der Waals surface area (Å²) >= 11 is 4.65. The van der Waals surface area contributed by atoms with Crippen LogP contribution in [-0.2, 0) is 11.3 Å². The van der Waals surface area contributed by atoms with E-state index in [1.807, 2.05) is 30.0 Å². The molecule has 0 aliphatic carbocycles. The van der Waals surface area contributed by atoms with Crippen LogP contribution in [0.4, 0.5) is 5.69 Å². The molecular weight excluding hydrogens is 492 g/mol. The lowest BCUT2D eigenvalue weighted by atomic mass is 10.0. The number of anilines is 1. The van der Waals surface area contributed by atoms with Gasteiger partial charge in [-0.3, -0.25) is 19.0 Å². The van der Waals surface area contributed by atoms with Gasteiger partial charge in [-0.05, 0) is 71.8 Å². The van der Waals surface area contributed by atoms with Crippen molar-refractivity contribution in [2.75, 3.05) is 18.4 Å². The van der Waals surface area contributed by atoms with Gasteiger partial charge in [0.1, 0.15) is 11.4 Å². The quantitative estimate of drug-likeness (QED) is 0.558. The minimum atomic E-state index is -0.294. The standard InChI is InChI=1S/C23H25BrN4O3S/c1-13-6-7-17(16(24)9-13)26-21(30)20-15(3)19-22(32-20)25-12-28(23(19)31)11-18(29)27-8-4-5-14(2)10-27/h6-7,9,12,14H,4-5,8,10-11H2,1-3H3,(H,26,30). The minimum Gasteiger partial charge on any atom is -0.341 e. The van der Waals surface area contributed by atoms with Crippen molar-refractivity contribution in [1.29, 1.82) is 0 Å². The first-order valence-electron chi connectivity index (χ1n) is 10.6. The second-order valence-corrected chi connectivity index (χ2v) is 10.3. The molecule has 2 aromatic heterocycles. The lowest BCUT2D eigenvalue weighted by molar-refractivity contribution is -0.133. The molecular formula is C23H25BrN4O3S. The fourth-order valence-corrected chi connectivity index (χ4v) is 5.68. The summed E-state index contributed by atoms with van der Waals surface area (Å²) in [7, 11) is 0. The maximum absolute atomic E-state index is 13.1. The van der Waals surface area contributed by atoms with Gasteiger partial charge in [-0.1, -0.05) is 13.0 Å². The van der Waals surface area contributed by atoms with Crippen LogP contribution in [0.2, 0.25) is 0 Å². The largest absolute Gasteiger partial charge is 0.341 e. The summed E-state index contributed by atoms with van der Waals surface area (Å²) in [5, 5.41) is 3.29. The maximum Gasteiger partial charge on any atom is 0.266 e. The van der Waals surface area contributed by atoms with Gasteiger partial charge in [0.15, 0.2) is 0 Å². The van der Waals surface area contributed by atoms with Gasteiger partial charge < -0.3 is 10.2 Å². The first kappa shape index (κ1) is 22.7. The van der Waals surface area contributed by atoms with Crippen molar-refractivity contribution in [1.82, 2.24) is 14.5 Å². The van der Waals surface area contributed by atoms with Crippen LogP contribution in [0.3, 0.4) is 0 Å². The van der Waals surface area contributed by atoms with Crippen LogP contribution >= 0.6 is 27.3 Å². The van der Waals surface area contributed by atoms with Crippen molar-refractivity contribution in [3.8, 4) is 0 Å². The third-order valence-corrected chi connectivity index (χ3v) is 7.67. The van der Waals surface area contributed by atoms with Gasteiger partial charge in [0.25, 0.3) is 11.5 Å². The molecule has 1 unspecified atom stereocenters. The Kier molecular flexibility index (Phi) is 6.48. The number of hydrogen-bond donors (Lipinski definition) is 1. The van der Waals surface area contributed by atoms with Gasteiger partial charge in [-0.2, -0.15) is 0 Å². The average Bonchev–Trinajstić information content (AvgIpc) is 3.09. The van der Waals surface area contributed by atoms with E-state index in [-0.39, 0.29) is 23.9 Å². The van der Waals surface area contributed by atoms with Gasteiger partial charge in [0, 0.05) is 17.6 Å². The lowest BCUT2D eigenvalue weighted by Gasteiger charge is -2.31. The highest BCUT2D eigenvalue weighted by Crippen LogP contribution is 2.29. The Labute approximate surface area is 198 Å². The molecule has 7 nitrogen and oxygen atoms in total. The van der Waals surface area contributed by atoms with E-state index in [1.54, 1.807) is 6.92 Å². The number of nitrogens with one attached hydrogen (secondary N) is 1. The van der Waals surface area contributed by atoms with E-state index in [4.69, 9.17) is 0 Å². The van der Waals surface area contributed by atoms with Gasteiger partial charge in [-0.25, -0.2) is 4.98 Å². The van der Waals surface area contributed by atoms with Crippen LogP contribution < -0.4 is 10.9 Å². The van der Waals surface area contributed by atoms with E-state index < -0.39 is 0 Å². The number of hydrogen-bond acceptors (Lipinski definition) is 5. The smallest absolute Gasteiger partial charge is 0.266 e. The molecule has 1 atom stereocenters. The highest BCUT2D eigenvalue weighted by atomic mass is 79.9. The molecule has 1 aliphatic rings. The van der Waals surface area contributed by atoms with Crippen LogP contribution in [0.5, 0.6) is 0 Å². The van der Waals surface area contributed by atoms with Crippen molar-refractivity contribution < 1.29 is 9.59 Å². The Balaban J connectivity index is 1.60. The zero-order valence-electron chi connectivity index (χ0n) is 18.3. The SMILES string of the molecule is Cc1ccc(NC(=O)c2sc3ncn(CC(=O)N4CCCC(C)C4)c(=O)c3c2C)c(Br)c1. The van der Waals surface area contributed by atoms with Crippen molar-refractivity contribution in [2.45, 2.75) is 40.2 Å². The summed E-state index contributed by atoms with van der Waals surface area (Å²) in [5.74, 6) is 0.105. The molecule has 1 N–H and O–H groups in total. The molecule has 2 amide bonds. The Morgan fingerprint density at radius 2 is 2.09 bits per heavy atom. The van der Waals surface area contributed by atoms with Gasteiger partial charge in [-0.15, -0.1) is 11.3 Å². The van der Waals surface area contributed by atoms with Crippen molar-refractivity contribution >= 4 is 55.0 Å². The molecule has 3 aromatic rings. The molecule has 3 heterocycles. The summed E-state index contributed by atoms with van der Waals surface area (Å²) in [4.78, 5) is 45.9. The first-order chi connectivity index (χ1) is 15.2. The van der Waals surface area contributed by atoms with E-state index in [1.165, 1.54) is 22.2 Å². The summed E-state index contributed by atoms with van der Waals surface area (Å²) in [5.41, 5.74) is 2.02. The molecule has 1 fully saturated rings. The Morgan fingerprint density at radius 1 is 1.31 bits per heavy atom. The second kappa shape index (κ2) is 9.15. The van der Waals surface area contributed by atoms with Gasteiger partial charge >= 0.3 is 0 Å². The second-order valence-electron chi connectivity index (χ2n) is 8.44. The predicted molar refractivity (Wildman–Crippen MR) is 130 cm³/mol. The molecule has 0 bridgehead atoms. The predicted octanol–water partition coefficient (Wildman–Crippen LogP) is 4.35. The summed E-state index contributed by atoms with van der Waals surface area (Å²) in [6.07, 6.45) is 3.51. The molecule has 168 valence electrons. The fraction of sp³-hybridized carbons (Fsp3) is 0.391. The summed E-state index contributed by atoms with van der Waals surface area (Å²) in [6, 6.07) is 5.67. The van der Waals surface area contributed by atoms with Crippen LogP contribution in [0, 0.1) is 19.8 Å². The molecule has 1 aliphatic heterocycles. The van der Waals surface area contributed by atoms with Crippen molar-refractivity contribution in [2.24, 2.45) is 5.92 Å². The molecule has 0 spiro atoms. The number of halogens is 1. The Hall–Kier alpha value is -2.52. The van der Waals surface area contributed by atoms with Gasteiger partial charge in [0.2, 0.25) is 5.91 Å². The minimum absolute atomic E-state index is 0.0401. The third kappa shape index (κ3) is 4.49. The van der Waals surface area contributed by atoms with Crippen LogP contribution in [-0.4, -0.2) is 39.4 Å². The lowest BCUT2D eigenvalue weighted by Crippen LogP contribution is -2.42. The number of rotatable bonds is 4. The molecule has 0 saturated carbocycles. The topological polar surface area (TPSA) is 84.3 Å². The zero-order chi connectivity index (χ0) is 23.0. The number of nitrogens with zero attached hydrogens (tertiary/aromatic N) is 3. The molecule has 4 rings (SSSR count).